The average Bonchev–Trinajstić information content (AvgIpc) is 3.09. The first-order valence-corrected chi connectivity index (χ1v) is 10.1. The number of aryl methyl sites for hydroxylation is 1. The van der Waals surface area contributed by atoms with Gasteiger partial charge in [0.2, 0.25) is 5.75 Å². The lowest BCUT2D eigenvalue weighted by atomic mass is 9.95. The highest BCUT2D eigenvalue weighted by molar-refractivity contribution is 7.16. The number of carbonyl (C=O) groups excluding carboxylic acids is 1. The summed E-state index contributed by atoms with van der Waals surface area (Å²) in [5.74, 6) is 1.35. The average molecular weight is 404 g/mol. The van der Waals surface area contributed by atoms with Gasteiger partial charge in [0, 0.05) is 16.7 Å². The Balaban J connectivity index is 2.00. The van der Waals surface area contributed by atoms with E-state index in [4.69, 9.17) is 18.9 Å². The van der Waals surface area contributed by atoms with Crippen molar-refractivity contribution in [3.63, 3.8) is 0 Å². The van der Waals surface area contributed by atoms with Crippen molar-refractivity contribution in [3.8, 4) is 17.2 Å². The number of ether oxygens (including phenoxy) is 4. The maximum Gasteiger partial charge on any atom is 0.341 e. The monoisotopic (exact) mass is 403 g/mol. The van der Waals surface area contributed by atoms with Gasteiger partial charge in [-0.3, -0.25) is 0 Å². The molecular formula is C21H25NO5S. The van der Waals surface area contributed by atoms with Crippen LogP contribution in [0.5, 0.6) is 17.2 Å². The Hall–Kier alpha value is -2.54. The summed E-state index contributed by atoms with van der Waals surface area (Å²) in [5, 5.41) is 0.694. The molecule has 0 unspecified atom stereocenters. The summed E-state index contributed by atoms with van der Waals surface area (Å²) in [4.78, 5) is 18.4. The first-order valence-electron chi connectivity index (χ1n) is 9.28. The molecule has 28 heavy (non-hydrogen) atoms. The largest absolute Gasteiger partial charge is 0.493 e. The molecule has 3 rings (SSSR count). The number of rotatable bonds is 7. The summed E-state index contributed by atoms with van der Waals surface area (Å²) in [7, 11) is 4.71. The fraction of sp³-hybridized carbons (Fsp3) is 0.429. The van der Waals surface area contributed by atoms with Gasteiger partial charge in [-0.15, -0.1) is 11.3 Å². The number of fused-ring (bicyclic) bond motifs is 1. The molecule has 0 saturated heterocycles. The molecule has 1 aliphatic rings. The second-order valence-electron chi connectivity index (χ2n) is 6.33. The van der Waals surface area contributed by atoms with Crippen LogP contribution in [0.4, 0.5) is 5.00 Å². The molecular weight excluding hydrogens is 378 g/mol. The molecule has 1 aromatic carbocycles. The lowest BCUT2D eigenvalue weighted by Crippen LogP contribution is -2.09. The van der Waals surface area contributed by atoms with E-state index in [9.17, 15) is 4.79 Å². The molecule has 0 N–H and O–H groups in total. The molecule has 0 bridgehead atoms. The molecule has 150 valence electrons. The van der Waals surface area contributed by atoms with E-state index in [0.29, 0.717) is 34.4 Å². The summed E-state index contributed by atoms with van der Waals surface area (Å²) in [6.45, 7) is 2.16. The number of methoxy groups -OCH3 is 3. The number of aliphatic imine (C=N–C) groups is 1. The van der Waals surface area contributed by atoms with Crippen LogP contribution in [-0.2, 0) is 17.6 Å². The van der Waals surface area contributed by atoms with Crippen LogP contribution in [0.25, 0.3) is 0 Å². The first-order chi connectivity index (χ1) is 13.6. The van der Waals surface area contributed by atoms with Gasteiger partial charge in [-0.05, 0) is 50.3 Å². The minimum absolute atomic E-state index is 0.293. The molecule has 0 atom stereocenters. The highest BCUT2D eigenvalue weighted by atomic mass is 32.1. The second kappa shape index (κ2) is 9.10. The standard InChI is InChI=1S/C21H25NO5S/c1-5-27-21(23)18-14-8-6-7-9-17(14)28-20(18)22-12-13-10-15(24-2)19(26-4)16(11-13)25-3/h10-12H,5-9H2,1-4H3. The number of esters is 1. The third kappa shape index (κ3) is 3.99. The molecule has 0 spiro atoms. The molecule has 0 aliphatic heterocycles. The van der Waals surface area contributed by atoms with Crippen LogP contribution >= 0.6 is 11.3 Å². The van der Waals surface area contributed by atoms with Crippen LogP contribution in [0, 0.1) is 0 Å². The van der Waals surface area contributed by atoms with E-state index in [1.165, 1.54) is 4.88 Å². The van der Waals surface area contributed by atoms with Crippen molar-refractivity contribution in [2.24, 2.45) is 4.99 Å². The van der Waals surface area contributed by atoms with Gasteiger partial charge >= 0.3 is 5.97 Å². The van der Waals surface area contributed by atoms with Gasteiger partial charge in [0.1, 0.15) is 5.00 Å². The van der Waals surface area contributed by atoms with Crippen LogP contribution in [0.15, 0.2) is 17.1 Å². The van der Waals surface area contributed by atoms with E-state index in [1.807, 2.05) is 19.1 Å². The lowest BCUT2D eigenvalue weighted by molar-refractivity contribution is 0.0526. The van der Waals surface area contributed by atoms with Crippen molar-refractivity contribution >= 4 is 28.5 Å². The van der Waals surface area contributed by atoms with Crippen molar-refractivity contribution in [1.29, 1.82) is 0 Å². The highest BCUT2D eigenvalue weighted by Crippen LogP contribution is 2.41. The van der Waals surface area contributed by atoms with Crippen molar-refractivity contribution in [1.82, 2.24) is 0 Å². The fourth-order valence-corrected chi connectivity index (χ4v) is 4.59. The number of carbonyl (C=O) groups is 1. The van der Waals surface area contributed by atoms with Crippen LogP contribution in [-0.4, -0.2) is 40.1 Å². The maximum absolute atomic E-state index is 12.5. The van der Waals surface area contributed by atoms with E-state index in [1.54, 1.807) is 38.9 Å². The molecule has 0 fully saturated rings. The first kappa shape index (κ1) is 20.2. The second-order valence-corrected chi connectivity index (χ2v) is 7.41. The fourth-order valence-electron chi connectivity index (χ4n) is 3.37. The third-order valence-electron chi connectivity index (χ3n) is 4.65. The van der Waals surface area contributed by atoms with Crippen LogP contribution in [0.2, 0.25) is 0 Å². The van der Waals surface area contributed by atoms with Crippen molar-refractivity contribution < 1.29 is 23.7 Å². The van der Waals surface area contributed by atoms with Gasteiger partial charge in [-0.25, -0.2) is 9.79 Å². The lowest BCUT2D eigenvalue weighted by Gasteiger charge is -2.12. The molecule has 1 aromatic heterocycles. The normalized spacial score (nSPS) is 13.3. The number of thiophene rings is 1. The molecule has 1 heterocycles. The maximum atomic E-state index is 12.5. The Morgan fingerprint density at radius 2 is 1.79 bits per heavy atom. The van der Waals surface area contributed by atoms with Crippen LogP contribution in [0.3, 0.4) is 0 Å². The molecule has 0 saturated carbocycles. The summed E-state index contributed by atoms with van der Waals surface area (Å²) in [6, 6.07) is 3.64. The van der Waals surface area contributed by atoms with Gasteiger partial charge in [-0.1, -0.05) is 0 Å². The molecule has 7 heteroatoms. The van der Waals surface area contributed by atoms with Crippen molar-refractivity contribution in [3.05, 3.63) is 33.7 Å². The highest BCUT2D eigenvalue weighted by Gasteiger charge is 2.26. The molecule has 6 nitrogen and oxygen atoms in total. The zero-order valence-electron chi connectivity index (χ0n) is 16.7. The molecule has 0 amide bonds. The van der Waals surface area contributed by atoms with Gasteiger partial charge in [0.25, 0.3) is 0 Å². The number of nitrogens with zero attached hydrogens (tertiary/aromatic N) is 1. The van der Waals surface area contributed by atoms with Gasteiger partial charge < -0.3 is 18.9 Å². The van der Waals surface area contributed by atoms with Gasteiger partial charge in [0.15, 0.2) is 11.5 Å². The molecule has 1 aliphatic carbocycles. The van der Waals surface area contributed by atoms with E-state index >= 15 is 0 Å². The summed E-state index contributed by atoms with van der Waals surface area (Å²) < 4.78 is 21.4. The van der Waals surface area contributed by atoms with E-state index in [2.05, 4.69) is 4.99 Å². The smallest absolute Gasteiger partial charge is 0.341 e. The quantitative estimate of drug-likeness (QED) is 0.500. The zero-order valence-corrected chi connectivity index (χ0v) is 17.5. The molecule has 0 radical (unpaired) electrons. The zero-order chi connectivity index (χ0) is 20.1. The van der Waals surface area contributed by atoms with Crippen LogP contribution in [0.1, 0.15) is 46.1 Å². The minimum Gasteiger partial charge on any atom is -0.493 e. The van der Waals surface area contributed by atoms with E-state index in [-0.39, 0.29) is 5.97 Å². The number of benzene rings is 1. The number of hydrogen-bond acceptors (Lipinski definition) is 7. The van der Waals surface area contributed by atoms with Crippen molar-refractivity contribution in [2.75, 3.05) is 27.9 Å². The molecule has 2 aromatic rings. The SMILES string of the molecule is CCOC(=O)c1c(N=Cc2cc(OC)c(OC)c(OC)c2)sc2c1CCCC2. The number of hydrogen-bond donors (Lipinski definition) is 0. The predicted octanol–water partition coefficient (Wildman–Crippen LogP) is 4.58. The predicted molar refractivity (Wildman–Crippen MR) is 110 cm³/mol. The van der Waals surface area contributed by atoms with Crippen molar-refractivity contribution in [2.45, 2.75) is 32.6 Å². The Morgan fingerprint density at radius 1 is 1.11 bits per heavy atom. The summed E-state index contributed by atoms with van der Waals surface area (Å²) in [6.07, 6.45) is 5.84. The third-order valence-corrected chi connectivity index (χ3v) is 5.85. The van der Waals surface area contributed by atoms with E-state index in [0.717, 1.165) is 36.8 Å². The Bertz CT molecular complexity index is 862. The Morgan fingerprint density at radius 3 is 2.39 bits per heavy atom. The summed E-state index contributed by atoms with van der Waals surface area (Å²) >= 11 is 1.58. The van der Waals surface area contributed by atoms with Gasteiger partial charge in [-0.2, -0.15) is 0 Å². The summed E-state index contributed by atoms with van der Waals surface area (Å²) in [5.41, 5.74) is 2.51. The van der Waals surface area contributed by atoms with Crippen LogP contribution < -0.4 is 14.2 Å². The Labute approximate surface area is 169 Å². The van der Waals surface area contributed by atoms with E-state index < -0.39 is 0 Å². The topological polar surface area (TPSA) is 66.4 Å². The van der Waals surface area contributed by atoms with Gasteiger partial charge in [0.05, 0.1) is 33.5 Å². The Kier molecular flexibility index (Phi) is 6.57. The minimum atomic E-state index is -0.293.